The summed E-state index contributed by atoms with van der Waals surface area (Å²) in [6.07, 6.45) is 1.81. The lowest BCUT2D eigenvalue weighted by Gasteiger charge is -1.98. The molecule has 0 radical (unpaired) electrons. The number of nitrogens with one attached hydrogen (secondary N) is 1. The minimum atomic E-state index is -0.934. The van der Waals surface area contributed by atoms with E-state index in [1.54, 1.807) is 6.08 Å². The first-order chi connectivity index (χ1) is 6.04. The summed E-state index contributed by atoms with van der Waals surface area (Å²) in [5, 5.41) is 11.3. The maximum atomic E-state index is 10.3. The molecule has 0 aliphatic rings. The van der Waals surface area contributed by atoms with E-state index >= 15 is 0 Å². The lowest BCUT2D eigenvalue weighted by molar-refractivity contribution is -0.132. The molecule has 0 heterocycles. The Morgan fingerprint density at radius 1 is 1.54 bits per heavy atom. The minimum Gasteiger partial charge on any atom is -0.478 e. The van der Waals surface area contributed by atoms with Gasteiger partial charge in [-0.3, -0.25) is 4.79 Å². The molecule has 0 unspecified atom stereocenters. The van der Waals surface area contributed by atoms with Crippen LogP contribution in [0, 0.1) is 0 Å². The van der Waals surface area contributed by atoms with Crippen molar-refractivity contribution in [1.29, 1.82) is 0 Å². The van der Waals surface area contributed by atoms with E-state index < -0.39 is 5.97 Å². The fourth-order valence-electron chi connectivity index (χ4n) is 0.626. The van der Waals surface area contributed by atoms with Crippen molar-refractivity contribution in [3.63, 3.8) is 0 Å². The number of carboxylic acids is 1. The zero-order chi connectivity index (χ0) is 10.3. The molecule has 0 aromatic carbocycles. The Bertz CT molecular complexity index is 223. The van der Waals surface area contributed by atoms with E-state index in [-0.39, 0.29) is 17.9 Å². The summed E-state index contributed by atoms with van der Waals surface area (Å²) in [5.41, 5.74) is 5.18. The molecule has 13 heavy (non-hydrogen) atoms. The molecule has 0 aromatic heterocycles. The van der Waals surface area contributed by atoms with Crippen LogP contribution in [0.5, 0.6) is 0 Å². The van der Waals surface area contributed by atoms with Gasteiger partial charge in [-0.25, -0.2) is 4.79 Å². The number of hydrogen-bond donors (Lipinski definition) is 3. The van der Waals surface area contributed by atoms with Crippen molar-refractivity contribution in [2.75, 3.05) is 13.1 Å². The van der Waals surface area contributed by atoms with Crippen molar-refractivity contribution in [3.05, 3.63) is 11.6 Å². The van der Waals surface area contributed by atoms with E-state index in [0.717, 1.165) is 0 Å². The zero-order valence-electron chi connectivity index (χ0n) is 7.54. The maximum absolute atomic E-state index is 10.3. The number of carboxylic acid groups (broad SMARTS) is 1. The highest BCUT2D eigenvalue weighted by molar-refractivity contribution is 5.85. The quantitative estimate of drug-likeness (QED) is 0.384. The molecule has 0 atom stereocenters. The Kier molecular flexibility index (Phi) is 5.54. The minimum absolute atomic E-state index is 0.264. The van der Waals surface area contributed by atoms with Gasteiger partial charge in [0.05, 0.1) is 0 Å². The fourth-order valence-corrected chi connectivity index (χ4v) is 0.626. The van der Waals surface area contributed by atoms with Gasteiger partial charge >= 0.3 is 5.97 Å². The Hall–Kier alpha value is -1.36. The van der Waals surface area contributed by atoms with Crippen molar-refractivity contribution >= 4 is 11.9 Å². The molecule has 0 saturated carbocycles. The highest BCUT2D eigenvalue weighted by atomic mass is 16.4. The molecule has 0 aliphatic carbocycles. The Balaban J connectivity index is 3.50. The van der Waals surface area contributed by atoms with Gasteiger partial charge in [0.2, 0.25) is 5.91 Å². The predicted octanol–water partition coefficient (Wildman–Crippen LogP) is -0.518. The summed E-state index contributed by atoms with van der Waals surface area (Å²) in [5.74, 6) is -1.30. The first kappa shape index (κ1) is 11.6. The first-order valence-corrected chi connectivity index (χ1v) is 3.93. The van der Waals surface area contributed by atoms with E-state index in [4.69, 9.17) is 10.8 Å². The molecular formula is C8H14N2O3. The van der Waals surface area contributed by atoms with Gasteiger partial charge in [-0.05, 0) is 6.92 Å². The number of nitrogens with two attached hydrogens (primary N) is 1. The van der Waals surface area contributed by atoms with Crippen LogP contribution < -0.4 is 11.1 Å². The summed E-state index contributed by atoms with van der Waals surface area (Å²) >= 11 is 0. The van der Waals surface area contributed by atoms with E-state index in [9.17, 15) is 9.59 Å². The standard InChI is InChI=1S/C8H14N2O3/c1-6(8(12)13)2-4-10-5-3-7(9)11/h2,10H,3-5H2,1H3,(H2,9,11)(H,12,13). The third-order valence-corrected chi connectivity index (χ3v) is 1.44. The molecule has 5 heteroatoms. The molecule has 0 aromatic rings. The number of rotatable bonds is 6. The van der Waals surface area contributed by atoms with Gasteiger partial charge in [-0.15, -0.1) is 0 Å². The topological polar surface area (TPSA) is 92.4 Å². The van der Waals surface area contributed by atoms with Gasteiger partial charge in [0.1, 0.15) is 0 Å². The van der Waals surface area contributed by atoms with Crippen LogP contribution in [-0.4, -0.2) is 30.1 Å². The first-order valence-electron chi connectivity index (χ1n) is 3.93. The summed E-state index contributed by atoms with van der Waals surface area (Å²) in [6, 6.07) is 0. The van der Waals surface area contributed by atoms with Gasteiger partial charge in [0.25, 0.3) is 0 Å². The van der Waals surface area contributed by atoms with Crippen molar-refractivity contribution in [2.45, 2.75) is 13.3 Å². The van der Waals surface area contributed by atoms with Gasteiger partial charge in [0.15, 0.2) is 0 Å². The molecule has 0 rings (SSSR count). The highest BCUT2D eigenvalue weighted by Crippen LogP contribution is 1.89. The number of primary amides is 1. The van der Waals surface area contributed by atoms with Crippen LogP contribution in [0.4, 0.5) is 0 Å². The van der Waals surface area contributed by atoms with Crippen LogP contribution in [0.1, 0.15) is 13.3 Å². The normalized spacial score (nSPS) is 11.3. The predicted molar refractivity (Wildman–Crippen MR) is 48.1 cm³/mol. The van der Waals surface area contributed by atoms with E-state index in [1.807, 2.05) is 0 Å². The SMILES string of the molecule is CC(=CCNCCC(N)=O)C(=O)O. The lowest BCUT2D eigenvalue weighted by atomic mass is 10.3. The van der Waals surface area contributed by atoms with Crippen molar-refractivity contribution in [3.8, 4) is 0 Å². The van der Waals surface area contributed by atoms with Crippen LogP contribution in [0.15, 0.2) is 11.6 Å². The number of hydrogen-bond acceptors (Lipinski definition) is 3. The van der Waals surface area contributed by atoms with Crippen molar-refractivity contribution in [1.82, 2.24) is 5.32 Å². The Labute approximate surface area is 76.6 Å². The van der Waals surface area contributed by atoms with Gasteiger partial charge < -0.3 is 16.2 Å². The van der Waals surface area contributed by atoms with E-state index in [0.29, 0.717) is 13.1 Å². The summed E-state index contributed by atoms with van der Waals surface area (Å²) in [7, 11) is 0. The van der Waals surface area contributed by atoms with Gasteiger partial charge in [-0.2, -0.15) is 0 Å². The molecule has 0 aliphatic heterocycles. The van der Waals surface area contributed by atoms with Gasteiger partial charge in [0, 0.05) is 25.1 Å². The van der Waals surface area contributed by atoms with Crippen molar-refractivity contribution < 1.29 is 14.7 Å². The zero-order valence-corrected chi connectivity index (χ0v) is 7.54. The number of carbonyl (C=O) groups is 2. The van der Waals surface area contributed by atoms with Crippen LogP contribution in [-0.2, 0) is 9.59 Å². The number of amides is 1. The van der Waals surface area contributed by atoms with Crippen LogP contribution in [0.2, 0.25) is 0 Å². The Morgan fingerprint density at radius 2 is 2.15 bits per heavy atom. The molecule has 0 saturated heterocycles. The molecule has 1 amide bonds. The molecule has 4 N–H and O–H groups in total. The van der Waals surface area contributed by atoms with Gasteiger partial charge in [-0.1, -0.05) is 6.08 Å². The average Bonchev–Trinajstić information content (AvgIpc) is 2.02. The van der Waals surface area contributed by atoms with Crippen LogP contribution in [0.3, 0.4) is 0 Å². The smallest absolute Gasteiger partial charge is 0.330 e. The molecule has 74 valence electrons. The number of carbonyl (C=O) groups excluding carboxylic acids is 1. The molecule has 5 nitrogen and oxygen atoms in total. The molecular weight excluding hydrogens is 172 g/mol. The van der Waals surface area contributed by atoms with Crippen LogP contribution >= 0.6 is 0 Å². The second-order valence-electron chi connectivity index (χ2n) is 2.61. The number of aliphatic carboxylic acids is 1. The maximum Gasteiger partial charge on any atom is 0.330 e. The van der Waals surface area contributed by atoms with Crippen molar-refractivity contribution in [2.24, 2.45) is 5.73 Å². The fraction of sp³-hybridized carbons (Fsp3) is 0.500. The summed E-state index contributed by atoms with van der Waals surface area (Å²) in [4.78, 5) is 20.6. The Morgan fingerprint density at radius 3 is 2.62 bits per heavy atom. The van der Waals surface area contributed by atoms with Crippen LogP contribution in [0.25, 0.3) is 0 Å². The molecule has 0 bridgehead atoms. The molecule has 0 fully saturated rings. The summed E-state index contributed by atoms with van der Waals surface area (Å²) < 4.78 is 0. The van der Waals surface area contributed by atoms with E-state index in [2.05, 4.69) is 5.32 Å². The monoisotopic (exact) mass is 186 g/mol. The average molecular weight is 186 g/mol. The summed E-state index contributed by atoms with van der Waals surface area (Å²) in [6.45, 7) is 2.42. The third kappa shape index (κ3) is 7.02. The second kappa shape index (κ2) is 6.19. The highest BCUT2D eigenvalue weighted by Gasteiger charge is 1.97. The lowest BCUT2D eigenvalue weighted by Crippen LogP contribution is -2.22. The third-order valence-electron chi connectivity index (χ3n) is 1.44. The van der Waals surface area contributed by atoms with E-state index in [1.165, 1.54) is 6.92 Å². The second-order valence-corrected chi connectivity index (χ2v) is 2.61. The molecule has 0 spiro atoms. The largest absolute Gasteiger partial charge is 0.478 e.